The summed E-state index contributed by atoms with van der Waals surface area (Å²) in [7, 11) is 1.53. The topological polar surface area (TPSA) is 89.0 Å². The van der Waals surface area contributed by atoms with Gasteiger partial charge in [0.15, 0.2) is 0 Å². The smallest absolute Gasteiger partial charge is 0.300 e. The number of rotatable bonds is 7. The highest BCUT2D eigenvalue weighted by Crippen LogP contribution is 2.42. The number of aromatic nitrogens is 1. The fraction of sp³-hybridized carbons (Fsp3) is 0.192. The Balaban J connectivity index is 1.88. The number of carbonyl (C=O) groups excluding carboxylic acids is 2. The van der Waals surface area contributed by atoms with Crippen molar-refractivity contribution in [1.82, 2.24) is 4.98 Å². The van der Waals surface area contributed by atoms with Crippen LogP contribution in [0.15, 0.2) is 78.6 Å². The Morgan fingerprint density at radius 1 is 1.06 bits per heavy atom. The molecule has 0 radical (unpaired) electrons. The maximum Gasteiger partial charge on any atom is 0.300 e. The lowest BCUT2D eigenvalue weighted by atomic mass is 9.96. The van der Waals surface area contributed by atoms with Gasteiger partial charge in [-0.2, -0.15) is 0 Å². The monoisotopic (exact) mass is 444 g/mol. The molecule has 1 aliphatic heterocycles. The van der Waals surface area contributed by atoms with E-state index in [4.69, 9.17) is 9.47 Å². The zero-order valence-corrected chi connectivity index (χ0v) is 18.4. The Hall–Kier alpha value is -4.13. The molecule has 4 rings (SSSR count). The number of benzene rings is 2. The average molecular weight is 444 g/mol. The lowest BCUT2D eigenvalue weighted by Crippen LogP contribution is -2.29. The van der Waals surface area contributed by atoms with Crippen molar-refractivity contribution in [2.24, 2.45) is 0 Å². The normalized spacial score (nSPS) is 17.3. The first-order valence-corrected chi connectivity index (χ1v) is 10.6. The average Bonchev–Trinajstić information content (AvgIpc) is 3.13. The van der Waals surface area contributed by atoms with Crippen molar-refractivity contribution < 1.29 is 24.2 Å². The summed E-state index contributed by atoms with van der Waals surface area (Å²) in [6, 6.07) is 16.4. The summed E-state index contributed by atoms with van der Waals surface area (Å²) in [5.41, 5.74) is 1.45. The number of carbonyl (C=O) groups is 2. The van der Waals surface area contributed by atoms with Crippen LogP contribution in [0.3, 0.4) is 0 Å². The van der Waals surface area contributed by atoms with Gasteiger partial charge in [-0.3, -0.25) is 19.5 Å². The molecule has 3 aromatic rings. The summed E-state index contributed by atoms with van der Waals surface area (Å²) < 4.78 is 11.0. The van der Waals surface area contributed by atoms with E-state index < -0.39 is 17.7 Å². The van der Waals surface area contributed by atoms with Crippen molar-refractivity contribution in [3.8, 4) is 11.5 Å². The van der Waals surface area contributed by atoms with Crippen LogP contribution in [0.4, 0.5) is 5.69 Å². The maximum atomic E-state index is 13.2. The lowest BCUT2D eigenvalue weighted by Gasteiger charge is -2.25. The van der Waals surface area contributed by atoms with E-state index in [0.29, 0.717) is 34.9 Å². The third kappa shape index (κ3) is 4.30. The van der Waals surface area contributed by atoms with Crippen LogP contribution in [0.2, 0.25) is 0 Å². The standard InChI is InChI=1S/C26H24N2O5/c1-3-13-33-21-11-4-7-17(14-21)24(29)22-23(18-8-6-12-27-16-18)28(26(31)25(22)30)19-9-5-10-20(15-19)32-2/h4-12,14-16,23,29H,3,13H2,1-2H3/b24-22+. The predicted octanol–water partition coefficient (Wildman–Crippen LogP) is 4.51. The van der Waals surface area contributed by atoms with Gasteiger partial charge in [0.05, 0.1) is 25.3 Å². The Morgan fingerprint density at radius 2 is 1.85 bits per heavy atom. The second-order valence-corrected chi connectivity index (χ2v) is 7.53. The van der Waals surface area contributed by atoms with E-state index in [0.717, 1.165) is 6.42 Å². The minimum absolute atomic E-state index is 0.0107. The van der Waals surface area contributed by atoms with Gasteiger partial charge in [0.2, 0.25) is 0 Å². The summed E-state index contributed by atoms with van der Waals surface area (Å²) in [5, 5.41) is 11.2. The van der Waals surface area contributed by atoms with E-state index in [2.05, 4.69) is 4.98 Å². The van der Waals surface area contributed by atoms with E-state index in [9.17, 15) is 14.7 Å². The van der Waals surface area contributed by atoms with Crippen LogP contribution in [0, 0.1) is 0 Å². The van der Waals surface area contributed by atoms with E-state index in [1.807, 2.05) is 6.92 Å². The molecule has 0 spiro atoms. The van der Waals surface area contributed by atoms with Crippen LogP contribution < -0.4 is 14.4 Å². The molecule has 1 N–H and O–H groups in total. The van der Waals surface area contributed by atoms with Gasteiger partial charge in [-0.05, 0) is 42.3 Å². The van der Waals surface area contributed by atoms with Crippen LogP contribution in [0.5, 0.6) is 11.5 Å². The molecule has 1 fully saturated rings. The highest BCUT2D eigenvalue weighted by molar-refractivity contribution is 6.51. The molecule has 1 amide bonds. The van der Waals surface area contributed by atoms with Gasteiger partial charge in [-0.15, -0.1) is 0 Å². The molecule has 7 nitrogen and oxygen atoms in total. The highest BCUT2D eigenvalue weighted by Gasteiger charge is 2.47. The first-order valence-electron chi connectivity index (χ1n) is 10.6. The highest BCUT2D eigenvalue weighted by atomic mass is 16.5. The summed E-state index contributed by atoms with van der Waals surface area (Å²) in [4.78, 5) is 31.9. The number of anilines is 1. The van der Waals surface area contributed by atoms with E-state index in [1.54, 1.807) is 73.1 Å². The van der Waals surface area contributed by atoms with Gasteiger partial charge >= 0.3 is 0 Å². The van der Waals surface area contributed by atoms with Crippen molar-refractivity contribution in [1.29, 1.82) is 0 Å². The third-order valence-corrected chi connectivity index (χ3v) is 5.36. The molecule has 1 aromatic heterocycles. The van der Waals surface area contributed by atoms with Gasteiger partial charge in [-0.1, -0.05) is 31.2 Å². The second-order valence-electron chi connectivity index (χ2n) is 7.53. The first-order chi connectivity index (χ1) is 16.0. The number of ketones is 1. The van der Waals surface area contributed by atoms with Crippen molar-refractivity contribution in [2.75, 3.05) is 18.6 Å². The van der Waals surface area contributed by atoms with Crippen molar-refractivity contribution >= 4 is 23.1 Å². The van der Waals surface area contributed by atoms with Gasteiger partial charge in [0, 0.05) is 29.7 Å². The number of Topliss-reactive ketones (excluding diaryl/α,β-unsaturated/α-hetero) is 1. The number of aliphatic hydroxyl groups excluding tert-OH is 1. The van der Waals surface area contributed by atoms with Gasteiger partial charge in [0.1, 0.15) is 17.3 Å². The van der Waals surface area contributed by atoms with Crippen LogP contribution in [-0.4, -0.2) is 35.5 Å². The van der Waals surface area contributed by atoms with Crippen molar-refractivity contribution in [3.05, 3.63) is 89.8 Å². The van der Waals surface area contributed by atoms with E-state index >= 15 is 0 Å². The number of aliphatic hydroxyl groups is 1. The zero-order chi connectivity index (χ0) is 23.4. The Bertz CT molecular complexity index is 1210. The first kappa shape index (κ1) is 22.1. The second kappa shape index (κ2) is 9.56. The Kier molecular flexibility index (Phi) is 6.40. The number of pyridine rings is 1. The molecule has 7 heteroatoms. The van der Waals surface area contributed by atoms with Crippen LogP contribution in [0.1, 0.15) is 30.5 Å². The van der Waals surface area contributed by atoms with Gasteiger partial charge in [0.25, 0.3) is 11.7 Å². The summed E-state index contributed by atoms with van der Waals surface area (Å²) in [6.45, 7) is 2.53. The van der Waals surface area contributed by atoms with Crippen molar-refractivity contribution in [2.45, 2.75) is 19.4 Å². The zero-order valence-electron chi connectivity index (χ0n) is 18.4. The number of ether oxygens (including phenoxy) is 2. The number of nitrogens with zero attached hydrogens (tertiary/aromatic N) is 2. The Labute approximate surface area is 191 Å². The molecular weight excluding hydrogens is 420 g/mol. The third-order valence-electron chi connectivity index (χ3n) is 5.36. The minimum Gasteiger partial charge on any atom is -0.507 e. The lowest BCUT2D eigenvalue weighted by molar-refractivity contribution is -0.132. The van der Waals surface area contributed by atoms with Crippen LogP contribution in [0.25, 0.3) is 5.76 Å². The van der Waals surface area contributed by atoms with Crippen molar-refractivity contribution in [3.63, 3.8) is 0 Å². The van der Waals surface area contributed by atoms with Gasteiger partial charge < -0.3 is 14.6 Å². The summed E-state index contributed by atoms with van der Waals surface area (Å²) >= 11 is 0. The van der Waals surface area contributed by atoms with E-state index in [1.165, 1.54) is 12.0 Å². The predicted molar refractivity (Wildman–Crippen MR) is 124 cm³/mol. The molecule has 1 atom stereocenters. The molecule has 2 aromatic carbocycles. The summed E-state index contributed by atoms with van der Waals surface area (Å²) in [5.74, 6) is -0.670. The molecule has 1 unspecified atom stereocenters. The molecule has 0 saturated carbocycles. The maximum absolute atomic E-state index is 13.2. The number of hydrogen-bond donors (Lipinski definition) is 1. The SMILES string of the molecule is CCCOc1cccc(/C(O)=C2\C(=O)C(=O)N(c3cccc(OC)c3)C2c2cccnc2)c1. The molecule has 2 heterocycles. The molecule has 1 saturated heterocycles. The van der Waals surface area contributed by atoms with Gasteiger partial charge in [-0.25, -0.2) is 0 Å². The van der Waals surface area contributed by atoms with Crippen LogP contribution in [-0.2, 0) is 9.59 Å². The fourth-order valence-corrected chi connectivity index (χ4v) is 3.82. The molecule has 168 valence electrons. The number of methoxy groups -OCH3 is 1. The van der Waals surface area contributed by atoms with E-state index in [-0.39, 0.29) is 11.3 Å². The minimum atomic E-state index is -0.856. The fourth-order valence-electron chi connectivity index (χ4n) is 3.82. The molecule has 0 aliphatic carbocycles. The Morgan fingerprint density at radius 3 is 2.58 bits per heavy atom. The number of hydrogen-bond acceptors (Lipinski definition) is 6. The number of amides is 1. The summed E-state index contributed by atoms with van der Waals surface area (Å²) in [6.07, 6.45) is 4.02. The molecule has 33 heavy (non-hydrogen) atoms. The van der Waals surface area contributed by atoms with Crippen LogP contribution >= 0.6 is 0 Å². The molecule has 1 aliphatic rings. The molecular formula is C26H24N2O5. The molecule has 0 bridgehead atoms. The largest absolute Gasteiger partial charge is 0.507 e. The quantitative estimate of drug-likeness (QED) is 0.328.